The number of ether oxygens (including phenoxy) is 2. The van der Waals surface area contributed by atoms with Crippen LogP contribution in [0.2, 0.25) is 0 Å². The van der Waals surface area contributed by atoms with Crippen molar-refractivity contribution in [3.05, 3.63) is 39.8 Å². The van der Waals surface area contributed by atoms with Crippen molar-refractivity contribution in [3.8, 4) is 11.5 Å². The third kappa shape index (κ3) is 6.69. The minimum Gasteiger partial charge on any atom is -0.493 e. The van der Waals surface area contributed by atoms with E-state index in [2.05, 4.69) is 20.6 Å². The molecule has 2 rings (SSSR count). The average molecular weight is 476 g/mol. The summed E-state index contributed by atoms with van der Waals surface area (Å²) in [6, 6.07) is 5.96. The summed E-state index contributed by atoms with van der Waals surface area (Å²) in [7, 11) is 5.05. The standard InChI is InChI=1S/C17H24N4O2S.HI/c1-12-20-10-14(24-12)11-21-17(18-2)19-8-7-13-5-6-15(22-3)16(9-13)23-4;/h5-6,9-10H,7-8,11H2,1-4H3,(H2,18,19,21);1H. The van der Waals surface area contributed by atoms with Crippen LogP contribution in [0.15, 0.2) is 29.4 Å². The third-order valence-electron chi connectivity index (χ3n) is 3.48. The van der Waals surface area contributed by atoms with Crippen molar-refractivity contribution in [2.24, 2.45) is 4.99 Å². The molecule has 0 fully saturated rings. The van der Waals surface area contributed by atoms with E-state index in [0.29, 0.717) is 0 Å². The Bertz CT molecular complexity index is 691. The second-order valence-corrected chi connectivity index (χ2v) is 6.46. The maximum Gasteiger partial charge on any atom is 0.191 e. The summed E-state index contributed by atoms with van der Waals surface area (Å²) in [6.07, 6.45) is 2.75. The lowest BCUT2D eigenvalue weighted by molar-refractivity contribution is 0.354. The molecular weight excluding hydrogens is 451 g/mol. The van der Waals surface area contributed by atoms with Gasteiger partial charge in [-0.25, -0.2) is 4.98 Å². The Morgan fingerprint density at radius 1 is 1.20 bits per heavy atom. The second kappa shape index (κ2) is 11.1. The van der Waals surface area contributed by atoms with Crippen LogP contribution < -0.4 is 20.1 Å². The van der Waals surface area contributed by atoms with E-state index >= 15 is 0 Å². The SMILES string of the molecule is CN=C(NCCc1ccc(OC)c(OC)c1)NCc1cnc(C)s1.I. The van der Waals surface area contributed by atoms with Crippen molar-refractivity contribution in [2.75, 3.05) is 27.8 Å². The summed E-state index contributed by atoms with van der Waals surface area (Å²) in [6.45, 7) is 3.50. The van der Waals surface area contributed by atoms with Crippen molar-refractivity contribution in [1.82, 2.24) is 15.6 Å². The molecule has 0 unspecified atom stereocenters. The van der Waals surface area contributed by atoms with E-state index in [4.69, 9.17) is 9.47 Å². The van der Waals surface area contributed by atoms with Crippen LogP contribution in [0, 0.1) is 6.92 Å². The van der Waals surface area contributed by atoms with Crippen LogP contribution in [0.25, 0.3) is 0 Å². The zero-order valence-corrected chi connectivity index (χ0v) is 18.1. The van der Waals surface area contributed by atoms with Gasteiger partial charge in [-0.05, 0) is 31.0 Å². The molecule has 2 aromatic rings. The fourth-order valence-electron chi connectivity index (χ4n) is 2.24. The van der Waals surface area contributed by atoms with Gasteiger partial charge in [-0.2, -0.15) is 0 Å². The lowest BCUT2D eigenvalue weighted by atomic mass is 10.1. The first-order chi connectivity index (χ1) is 11.7. The monoisotopic (exact) mass is 476 g/mol. The Hall–Kier alpha value is -1.55. The van der Waals surface area contributed by atoms with Gasteiger partial charge in [-0.3, -0.25) is 4.99 Å². The third-order valence-corrected chi connectivity index (χ3v) is 4.39. The molecule has 0 aliphatic heterocycles. The van der Waals surface area contributed by atoms with E-state index in [9.17, 15) is 0 Å². The number of rotatable bonds is 7. The molecule has 2 N–H and O–H groups in total. The highest BCUT2D eigenvalue weighted by atomic mass is 127. The number of methoxy groups -OCH3 is 2. The van der Waals surface area contributed by atoms with Gasteiger partial charge in [-0.15, -0.1) is 35.3 Å². The number of thiazole rings is 1. The molecule has 138 valence electrons. The van der Waals surface area contributed by atoms with E-state index in [1.165, 1.54) is 10.4 Å². The largest absolute Gasteiger partial charge is 0.493 e. The lowest BCUT2D eigenvalue weighted by Crippen LogP contribution is -2.37. The molecule has 0 aliphatic rings. The van der Waals surface area contributed by atoms with Gasteiger partial charge in [0.25, 0.3) is 0 Å². The van der Waals surface area contributed by atoms with Crippen LogP contribution in [-0.2, 0) is 13.0 Å². The summed E-state index contributed by atoms with van der Waals surface area (Å²) in [5.74, 6) is 2.27. The quantitative estimate of drug-likeness (QED) is 0.366. The number of halogens is 1. The number of aliphatic imine (C=N–C) groups is 1. The maximum atomic E-state index is 5.33. The summed E-state index contributed by atoms with van der Waals surface area (Å²) < 4.78 is 10.6. The minimum absolute atomic E-state index is 0. The van der Waals surface area contributed by atoms with Crippen LogP contribution >= 0.6 is 35.3 Å². The number of aryl methyl sites for hydroxylation is 1. The van der Waals surface area contributed by atoms with Gasteiger partial charge in [0.1, 0.15) is 0 Å². The van der Waals surface area contributed by atoms with E-state index in [1.807, 2.05) is 31.3 Å². The molecule has 8 heteroatoms. The molecule has 1 aromatic heterocycles. The molecule has 25 heavy (non-hydrogen) atoms. The molecule has 6 nitrogen and oxygen atoms in total. The fraction of sp³-hybridized carbons (Fsp3) is 0.412. The van der Waals surface area contributed by atoms with E-state index in [0.717, 1.165) is 42.0 Å². The lowest BCUT2D eigenvalue weighted by Gasteiger charge is -2.12. The number of nitrogens with zero attached hydrogens (tertiary/aromatic N) is 2. The van der Waals surface area contributed by atoms with Crippen LogP contribution in [-0.4, -0.2) is 38.8 Å². The van der Waals surface area contributed by atoms with Crippen molar-refractivity contribution in [2.45, 2.75) is 19.9 Å². The Morgan fingerprint density at radius 2 is 1.96 bits per heavy atom. The van der Waals surface area contributed by atoms with Gasteiger partial charge in [0.2, 0.25) is 0 Å². The Balaban J connectivity index is 0.00000312. The predicted molar refractivity (Wildman–Crippen MR) is 114 cm³/mol. The smallest absolute Gasteiger partial charge is 0.191 e. The highest BCUT2D eigenvalue weighted by Gasteiger charge is 2.05. The molecular formula is C17H25IN4O2S. The van der Waals surface area contributed by atoms with Crippen molar-refractivity contribution >= 4 is 41.3 Å². The number of nitrogens with one attached hydrogen (secondary N) is 2. The first kappa shape index (κ1) is 21.5. The number of guanidine groups is 1. The number of hydrogen-bond donors (Lipinski definition) is 2. The van der Waals surface area contributed by atoms with Gasteiger partial charge in [-0.1, -0.05) is 6.07 Å². The molecule has 0 saturated carbocycles. The molecule has 1 heterocycles. The van der Waals surface area contributed by atoms with Crippen molar-refractivity contribution in [1.29, 1.82) is 0 Å². The topological polar surface area (TPSA) is 67.8 Å². The molecule has 0 bridgehead atoms. The summed E-state index contributed by atoms with van der Waals surface area (Å²) in [5.41, 5.74) is 1.17. The van der Waals surface area contributed by atoms with Gasteiger partial charge in [0.05, 0.1) is 25.8 Å². The van der Waals surface area contributed by atoms with E-state index in [1.54, 1.807) is 32.6 Å². The fourth-order valence-corrected chi connectivity index (χ4v) is 2.97. The molecule has 1 aromatic carbocycles. The van der Waals surface area contributed by atoms with Gasteiger partial charge >= 0.3 is 0 Å². The van der Waals surface area contributed by atoms with Crippen LogP contribution in [0.3, 0.4) is 0 Å². The summed E-state index contributed by atoms with van der Waals surface area (Å²) in [4.78, 5) is 9.68. The molecule has 0 amide bonds. The van der Waals surface area contributed by atoms with E-state index < -0.39 is 0 Å². The molecule has 0 aliphatic carbocycles. The van der Waals surface area contributed by atoms with Gasteiger partial charge < -0.3 is 20.1 Å². The molecule has 0 saturated heterocycles. The highest BCUT2D eigenvalue weighted by Crippen LogP contribution is 2.27. The zero-order valence-electron chi connectivity index (χ0n) is 15.0. The Morgan fingerprint density at radius 3 is 2.56 bits per heavy atom. The normalized spacial score (nSPS) is 10.8. The number of hydrogen-bond acceptors (Lipinski definition) is 5. The van der Waals surface area contributed by atoms with Crippen molar-refractivity contribution in [3.63, 3.8) is 0 Å². The first-order valence-electron chi connectivity index (χ1n) is 7.73. The molecule has 0 spiro atoms. The number of aromatic nitrogens is 1. The number of benzene rings is 1. The summed E-state index contributed by atoms with van der Waals surface area (Å²) in [5, 5.41) is 7.68. The predicted octanol–water partition coefficient (Wildman–Crippen LogP) is 2.99. The highest BCUT2D eigenvalue weighted by molar-refractivity contribution is 14.0. The van der Waals surface area contributed by atoms with Crippen LogP contribution in [0.4, 0.5) is 0 Å². The second-order valence-electron chi connectivity index (χ2n) is 5.14. The zero-order chi connectivity index (χ0) is 17.4. The Labute approximate surface area is 170 Å². The molecule has 0 atom stereocenters. The maximum absolute atomic E-state index is 5.33. The average Bonchev–Trinajstić information content (AvgIpc) is 3.03. The van der Waals surface area contributed by atoms with Gasteiger partial charge in [0, 0.05) is 24.7 Å². The van der Waals surface area contributed by atoms with Crippen LogP contribution in [0.1, 0.15) is 15.4 Å². The first-order valence-corrected chi connectivity index (χ1v) is 8.54. The van der Waals surface area contributed by atoms with Crippen molar-refractivity contribution < 1.29 is 9.47 Å². The van der Waals surface area contributed by atoms with Gasteiger partial charge in [0.15, 0.2) is 17.5 Å². The Kier molecular flexibility index (Phi) is 9.58. The molecule has 0 radical (unpaired) electrons. The minimum atomic E-state index is 0. The summed E-state index contributed by atoms with van der Waals surface area (Å²) >= 11 is 1.69. The van der Waals surface area contributed by atoms with E-state index in [-0.39, 0.29) is 24.0 Å². The van der Waals surface area contributed by atoms with Crippen LogP contribution in [0.5, 0.6) is 11.5 Å².